The molecule has 1 aromatic heterocycles. The molecule has 1 amide bonds. The van der Waals surface area contributed by atoms with Gasteiger partial charge in [0.1, 0.15) is 5.69 Å². The maximum atomic E-state index is 13.2. The van der Waals surface area contributed by atoms with Gasteiger partial charge in [-0.2, -0.15) is 0 Å². The number of hydrogen-bond donors (Lipinski definition) is 2. The van der Waals surface area contributed by atoms with Crippen LogP contribution >= 0.6 is 0 Å². The molecule has 0 aliphatic carbocycles. The fourth-order valence-electron chi connectivity index (χ4n) is 7.19. The number of rotatable bonds is 9. The Morgan fingerprint density at radius 2 is 1.72 bits per heavy atom. The number of nitrogens with zero attached hydrogens (tertiary/aromatic N) is 4. The summed E-state index contributed by atoms with van der Waals surface area (Å²) in [6, 6.07) is 23.8. The van der Waals surface area contributed by atoms with E-state index in [0.717, 1.165) is 41.8 Å². The minimum atomic E-state index is -0.610. The molecular formula is C37H43N5O4. The van der Waals surface area contributed by atoms with Gasteiger partial charge in [-0.25, -0.2) is 4.98 Å². The summed E-state index contributed by atoms with van der Waals surface area (Å²) < 4.78 is 13.5. The predicted octanol–water partition coefficient (Wildman–Crippen LogP) is 5.73. The van der Waals surface area contributed by atoms with Gasteiger partial charge in [0.2, 0.25) is 0 Å². The van der Waals surface area contributed by atoms with Gasteiger partial charge in [-0.1, -0.05) is 55.5 Å². The average Bonchev–Trinajstić information content (AvgIpc) is 3.78. The van der Waals surface area contributed by atoms with Crippen molar-refractivity contribution in [2.75, 3.05) is 38.0 Å². The van der Waals surface area contributed by atoms with Crippen LogP contribution in [0.2, 0.25) is 0 Å². The van der Waals surface area contributed by atoms with Crippen molar-refractivity contribution >= 4 is 22.6 Å². The Hall–Kier alpha value is -3.73. The second-order valence-electron chi connectivity index (χ2n) is 12.9. The number of fused-ring (bicyclic) bond motifs is 1. The van der Waals surface area contributed by atoms with E-state index in [0.29, 0.717) is 17.2 Å². The van der Waals surface area contributed by atoms with E-state index >= 15 is 0 Å². The lowest BCUT2D eigenvalue weighted by atomic mass is 9.90. The van der Waals surface area contributed by atoms with Crippen LogP contribution in [-0.2, 0) is 16.1 Å². The number of anilines is 1. The molecule has 3 aromatic carbocycles. The third-order valence-electron chi connectivity index (χ3n) is 9.80. The highest BCUT2D eigenvalue weighted by Crippen LogP contribution is 2.42. The fourth-order valence-corrected chi connectivity index (χ4v) is 7.19. The molecule has 0 radical (unpaired) electrons. The van der Waals surface area contributed by atoms with E-state index in [2.05, 4.69) is 44.1 Å². The normalized spacial score (nSPS) is 25.7. The standard InChI is InChI=1S/C37H43N5O4/c1-25-34(23-42-19-7-10-30(42)22-41-17-4-5-18-41)45-37(46-35(25)27-15-13-26(24-43)14-16-27)28-8-6-9-29(20-28)39-36(44)33-21-38-31-11-2-3-12-32(31)40-33/h2-3,6,8-9,11-16,20-21,25,30,34-35,37,43H,4-5,7,10,17-19,22-24H2,1H3,(H,39,44)/t25-,30-,34+,35+,37+/m0/s1. The Morgan fingerprint density at radius 1 is 0.913 bits per heavy atom. The van der Waals surface area contributed by atoms with E-state index in [4.69, 9.17) is 9.47 Å². The van der Waals surface area contributed by atoms with Gasteiger partial charge in [0.25, 0.3) is 5.91 Å². The molecule has 46 heavy (non-hydrogen) atoms. The molecule has 0 unspecified atom stereocenters. The van der Waals surface area contributed by atoms with Gasteiger partial charge in [-0.05, 0) is 80.7 Å². The van der Waals surface area contributed by atoms with Crippen LogP contribution in [0, 0.1) is 5.92 Å². The summed E-state index contributed by atoms with van der Waals surface area (Å²) >= 11 is 0. The number of carbonyl (C=O) groups excluding carboxylic acids is 1. The van der Waals surface area contributed by atoms with E-state index in [1.165, 1.54) is 45.0 Å². The van der Waals surface area contributed by atoms with Crippen molar-refractivity contribution in [1.29, 1.82) is 0 Å². The maximum Gasteiger partial charge on any atom is 0.275 e. The summed E-state index contributed by atoms with van der Waals surface area (Å²) in [6.45, 7) is 7.72. The Kier molecular flexibility index (Phi) is 9.37. The number of hydrogen-bond acceptors (Lipinski definition) is 8. The molecule has 4 aromatic rings. The molecule has 0 spiro atoms. The Morgan fingerprint density at radius 3 is 2.52 bits per heavy atom. The van der Waals surface area contributed by atoms with E-state index in [1.807, 2.05) is 60.7 Å². The van der Waals surface area contributed by atoms with Crippen molar-refractivity contribution in [1.82, 2.24) is 19.8 Å². The summed E-state index contributed by atoms with van der Waals surface area (Å²) in [5.74, 6) is -0.217. The highest BCUT2D eigenvalue weighted by atomic mass is 16.7. The number of carbonyl (C=O) groups is 1. The molecule has 3 aliphatic rings. The lowest BCUT2D eigenvalue weighted by Gasteiger charge is -2.43. The molecule has 2 N–H and O–H groups in total. The summed E-state index contributed by atoms with van der Waals surface area (Å²) in [5, 5.41) is 12.6. The van der Waals surface area contributed by atoms with Crippen molar-refractivity contribution < 1.29 is 19.4 Å². The molecule has 3 fully saturated rings. The second-order valence-corrected chi connectivity index (χ2v) is 12.9. The Labute approximate surface area is 270 Å². The first-order valence-electron chi connectivity index (χ1n) is 16.6. The number of aliphatic hydroxyl groups excluding tert-OH is 1. The summed E-state index contributed by atoms with van der Waals surface area (Å²) in [6.07, 6.45) is 5.71. The highest BCUT2D eigenvalue weighted by molar-refractivity contribution is 6.03. The third kappa shape index (κ3) is 6.84. The van der Waals surface area contributed by atoms with Crippen LogP contribution in [-0.4, -0.2) is 75.7 Å². The van der Waals surface area contributed by atoms with Crippen LogP contribution in [0.15, 0.2) is 79.0 Å². The second kappa shape index (κ2) is 13.9. The van der Waals surface area contributed by atoms with Gasteiger partial charge >= 0.3 is 0 Å². The van der Waals surface area contributed by atoms with Crippen molar-refractivity contribution in [3.05, 3.63) is 101 Å². The molecule has 0 bridgehead atoms. The topological polar surface area (TPSA) is 100 Å². The van der Waals surface area contributed by atoms with Crippen LogP contribution in [0.4, 0.5) is 5.69 Å². The predicted molar refractivity (Wildman–Crippen MR) is 177 cm³/mol. The minimum absolute atomic E-state index is 0.00633. The average molecular weight is 622 g/mol. The molecule has 5 atom stereocenters. The van der Waals surface area contributed by atoms with Crippen molar-refractivity contribution in [2.24, 2.45) is 5.92 Å². The SMILES string of the molecule is C[C@H]1[C@@H](CN2CCC[C@H]2CN2CCCC2)O[C@@H](c2cccc(NC(=O)c3cnc4ccccc4n3)c2)O[C@H]1c1ccc(CO)cc1. The molecule has 0 saturated carbocycles. The van der Waals surface area contributed by atoms with E-state index in [9.17, 15) is 9.90 Å². The molecule has 3 saturated heterocycles. The highest BCUT2D eigenvalue weighted by Gasteiger charge is 2.41. The van der Waals surface area contributed by atoms with E-state index in [-0.39, 0.29) is 36.3 Å². The van der Waals surface area contributed by atoms with E-state index in [1.54, 1.807) is 0 Å². The summed E-state index contributed by atoms with van der Waals surface area (Å²) in [5.41, 5.74) is 5.08. The monoisotopic (exact) mass is 621 g/mol. The zero-order valence-corrected chi connectivity index (χ0v) is 26.4. The van der Waals surface area contributed by atoms with Crippen molar-refractivity contribution in [3.63, 3.8) is 0 Å². The number of aliphatic hydroxyl groups is 1. The number of likely N-dealkylation sites (tertiary alicyclic amines) is 2. The molecule has 9 nitrogen and oxygen atoms in total. The molecule has 9 heteroatoms. The maximum absolute atomic E-state index is 13.2. The van der Waals surface area contributed by atoms with Gasteiger partial charge in [-0.15, -0.1) is 0 Å². The van der Waals surface area contributed by atoms with Crippen LogP contribution < -0.4 is 5.32 Å². The number of ether oxygens (including phenoxy) is 2. The zero-order chi connectivity index (χ0) is 31.5. The van der Waals surface area contributed by atoms with Crippen molar-refractivity contribution in [3.8, 4) is 0 Å². The Balaban J connectivity index is 1.11. The zero-order valence-electron chi connectivity index (χ0n) is 26.4. The van der Waals surface area contributed by atoms with Crippen LogP contribution in [0.5, 0.6) is 0 Å². The number of benzene rings is 3. The summed E-state index contributed by atoms with van der Waals surface area (Å²) in [4.78, 5) is 27.3. The van der Waals surface area contributed by atoms with Gasteiger partial charge in [0.15, 0.2) is 6.29 Å². The first kappa shape index (κ1) is 30.9. The summed E-state index contributed by atoms with van der Waals surface area (Å²) in [7, 11) is 0. The molecule has 4 heterocycles. The van der Waals surface area contributed by atoms with E-state index < -0.39 is 6.29 Å². The minimum Gasteiger partial charge on any atom is -0.392 e. The Bertz CT molecular complexity index is 1640. The molecule has 3 aliphatic heterocycles. The fraction of sp³-hybridized carbons (Fsp3) is 0.432. The van der Waals surface area contributed by atoms with Gasteiger partial charge < -0.3 is 24.8 Å². The van der Waals surface area contributed by atoms with Crippen LogP contribution in [0.25, 0.3) is 11.0 Å². The first-order chi connectivity index (χ1) is 22.5. The smallest absolute Gasteiger partial charge is 0.275 e. The molecular weight excluding hydrogens is 578 g/mol. The lowest BCUT2D eigenvalue weighted by molar-refractivity contribution is -0.276. The van der Waals surface area contributed by atoms with Gasteiger partial charge in [0.05, 0.1) is 36.0 Å². The van der Waals surface area contributed by atoms with Crippen molar-refractivity contribution in [2.45, 2.75) is 63.8 Å². The van der Waals surface area contributed by atoms with Crippen LogP contribution in [0.3, 0.4) is 0 Å². The van der Waals surface area contributed by atoms with Gasteiger partial charge in [-0.3, -0.25) is 14.7 Å². The number of nitrogens with one attached hydrogen (secondary N) is 1. The number of para-hydroxylation sites is 2. The van der Waals surface area contributed by atoms with Crippen LogP contribution in [0.1, 0.15) is 72.2 Å². The first-order valence-corrected chi connectivity index (χ1v) is 16.6. The number of amides is 1. The van der Waals surface area contributed by atoms with Gasteiger partial charge in [0, 0.05) is 36.3 Å². The quantitative estimate of drug-likeness (QED) is 0.245. The molecule has 7 rings (SSSR count). The third-order valence-corrected chi connectivity index (χ3v) is 9.80. The number of aromatic nitrogens is 2. The largest absolute Gasteiger partial charge is 0.392 e. The molecule has 240 valence electrons. The lowest BCUT2D eigenvalue weighted by Crippen LogP contribution is -2.48.